The molecule has 2 aromatic rings. The number of rotatable bonds is 2. The zero-order valence-electron chi connectivity index (χ0n) is 13.8. The van der Waals surface area contributed by atoms with Crippen molar-refractivity contribution in [2.24, 2.45) is 5.92 Å². The van der Waals surface area contributed by atoms with Gasteiger partial charge in [0, 0.05) is 19.0 Å². The molecule has 2 aliphatic rings. The van der Waals surface area contributed by atoms with E-state index in [1.54, 1.807) is 18.2 Å². The Morgan fingerprint density at radius 3 is 3.00 bits per heavy atom. The molecular weight excluding hydrogens is 342 g/mol. The van der Waals surface area contributed by atoms with E-state index in [0.717, 1.165) is 25.7 Å². The average molecular weight is 362 g/mol. The number of nitrogens with zero attached hydrogens (tertiary/aromatic N) is 5. The molecule has 0 unspecified atom stereocenters. The Morgan fingerprint density at radius 1 is 1.32 bits per heavy atom. The molecule has 4 rings (SSSR count). The third kappa shape index (κ3) is 3.02. The van der Waals surface area contributed by atoms with Crippen LogP contribution in [0.25, 0.3) is 5.69 Å². The molecule has 1 aromatic heterocycles. The van der Waals surface area contributed by atoms with Crippen LogP contribution in [-0.4, -0.2) is 54.8 Å². The molecule has 132 valence electrons. The minimum atomic E-state index is -0.604. The standard InChI is InChI=1S/C17H20ClN5O2/c18-15-5-4-13(23-11-19-20-21-23)9-14(15)16(24)22-8-7-17(25)6-2-1-3-12(17)10-22/h4-5,9,11-12,25H,1-3,6-8,10H2/t12-,17-/m1/s1. The van der Waals surface area contributed by atoms with Gasteiger partial charge >= 0.3 is 0 Å². The Labute approximate surface area is 150 Å². The molecule has 1 aromatic carbocycles. The summed E-state index contributed by atoms with van der Waals surface area (Å²) in [6.45, 7) is 1.14. The summed E-state index contributed by atoms with van der Waals surface area (Å²) in [5.41, 5.74) is 0.521. The van der Waals surface area contributed by atoms with Crippen molar-refractivity contribution < 1.29 is 9.90 Å². The van der Waals surface area contributed by atoms with Crippen molar-refractivity contribution in [1.82, 2.24) is 25.1 Å². The molecule has 2 fully saturated rings. The van der Waals surface area contributed by atoms with Crippen LogP contribution in [0.1, 0.15) is 42.5 Å². The molecule has 25 heavy (non-hydrogen) atoms. The molecule has 2 atom stereocenters. The first kappa shape index (κ1) is 16.5. The van der Waals surface area contributed by atoms with Gasteiger partial charge < -0.3 is 10.0 Å². The predicted molar refractivity (Wildman–Crippen MR) is 91.6 cm³/mol. The van der Waals surface area contributed by atoms with Gasteiger partial charge in [-0.05, 0) is 47.9 Å². The molecule has 2 heterocycles. The molecule has 0 bridgehead atoms. The summed E-state index contributed by atoms with van der Waals surface area (Å²) in [5.74, 6) is 0.0490. The van der Waals surface area contributed by atoms with Gasteiger partial charge in [-0.3, -0.25) is 4.79 Å². The van der Waals surface area contributed by atoms with Gasteiger partial charge in [-0.1, -0.05) is 24.4 Å². The Morgan fingerprint density at radius 2 is 2.20 bits per heavy atom. The Hall–Kier alpha value is -1.99. The normalized spacial score (nSPS) is 26.3. The lowest BCUT2D eigenvalue weighted by Gasteiger charge is -2.47. The van der Waals surface area contributed by atoms with Crippen LogP contribution in [0.4, 0.5) is 0 Å². The first-order valence-corrected chi connectivity index (χ1v) is 8.99. The summed E-state index contributed by atoms with van der Waals surface area (Å²) in [7, 11) is 0. The second-order valence-corrected chi connectivity index (χ2v) is 7.37. The van der Waals surface area contributed by atoms with Gasteiger partial charge in [0.1, 0.15) is 6.33 Å². The second kappa shape index (κ2) is 6.38. The van der Waals surface area contributed by atoms with Crippen LogP contribution >= 0.6 is 11.6 Å². The highest BCUT2D eigenvalue weighted by molar-refractivity contribution is 6.33. The molecule has 1 saturated heterocycles. The van der Waals surface area contributed by atoms with E-state index >= 15 is 0 Å². The zero-order valence-corrected chi connectivity index (χ0v) is 14.6. The average Bonchev–Trinajstić information content (AvgIpc) is 3.15. The number of fused-ring (bicyclic) bond motifs is 1. The van der Waals surface area contributed by atoms with Gasteiger partial charge in [-0.25, -0.2) is 4.68 Å². The molecule has 1 aliphatic heterocycles. The third-order valence-electron chi connectivity index (χ3n) is 5.51. The van der Waals surface area contributed by atoms with E-state index in [-0.39, 0.29) is 11.8 Å². The zero-order chi connectivity index (χ0) is 17.4. The number of piperidine rings is 1. The predicted octanol–water partition coefficient (Wildman–Crippen LogP) is 2.08. The van der Waals surface area contributed by atoms with E-state index < -0.39 is 5.60 Å². The fourth-order valence-electron chi connectivity index (χ4n) is 4.02. The van der Waals surface area contributed by atoms with Crippen molar-refractivity contribution in [3.05, 3.63) is 35.1 Å². The third-order valence-corrected chi connectivity index (χ3v) is 5.84. The van der Waals surface area contributed by atoms with E-state index in [9.17, 15) is 9.90 Å². The van der Waals surface area contributed by atoms with E-state index in [4.69, 9.17) is 11.6 Å². The molecule has 7 nitrogen and oxygen atoms in total. The first-order valence-electron chi connectivity index (χ1n) is 8.61. The van der Waals surface area contributed by atoms with E-state index in [0.29, 0.717) is 35.8 Å². The van der Waals surface area contributed by atoms with E-state index in [2.05, 4.69) is 15.5 Å². The Kier molecular flexibility index (Phi) is 4.21. The van der Waals surface area contributed by atoms with Gasteiger partial charge in [0.25, 0.3) is 5.91 Å². The number of aromatic nitrogens is 4. The van der Waals surface area contributed by atoms with Crippen LogP contribution in [-0.2, 0) is 0 Å². The molecule has 0 radical (unpaired) electrons. The number of aliphatic hydroxyl groups is 1. The number of carbonyl (C=O) groups is 1. The molecule has 1 saturated carbocycles. The largest absolute Gasteiger partial charge is 0.389 e. The molecule has 1 N–H and O–H groups in total. The number of amides is 1. The number of halogens is 1. The van der Waals surface area contributed by atoms with Crippen LogP contribution in [0.5, 0.6) is 0 Å². The number of tetrazole rings is 1. The highest BCUT2D eigenvalue weighted by Crippen LogP contribution is 2.40. The number of carbonyl (C=O) groups excluding carboxylic acids is 1. The number of benzene rings is 1. The molecule has 0 spiro atoms. The summed E-state index contributed by atoms with van der Waals surface area (Å²) in [5, 5.41) is 22.3. The maximum Gasteiger partial charge on any atom is 0.255 e. The topological polar surface area (TPSA) is 84.1 Å². The highest BCUT2D eigenvalue weighted by atomic mass is 35.5. The summed E-state index contributed by atoms with van der Waals surface area (Å²) in [6.07, 6.45) is 6.10. The van der Waals surface area contributed by atoms with Crippen molar-refractivity contribution in [2.45, 2.75) is 37.7 Å². The summed E-state index contributed by atoms with van der Waals surface area (Å²) in [6, 6.07) is 5.17. The maximum absolute atomic E-state index is 13.0. The number of hydrogen-bond acceptors (Lipinski definition) is 5. The summed E-state index contributed by atoms with van der Waals surface area (Å²) < 4.78 is 1.49. The van der Waals surface area contributed by atoms with Crippen LogP contribution in [0.15, 0.2) is 24.5 Å². The second-order valence-electron chi connectivity index (χ2n) is 6.97. The number of hydrogen-bond donors (Lipinski definition) is 1. The van der Waals surface area contributed by atoms with E-state index in [1.165, 1.54) is 11.0 Å². The van der Waals surface area contributed by atoms with Crippen molar-refractivity contribution in [2.75, 3.05) is 13.1 Å². The fraction of sp³-hybridized carbons (Fsp3) is 0.529. The van der Waals surface area contributed by atoms with Gasteiger partial charge in [0.2, 0.25) is 0 Å². The molecule has 8 heteroatoms. The van der Waals surface area contributed by atoms with Crippen LogP contribution in [0.3, 0.4) is 0 Å². The minimum absolute atomic E-state index is 0.104. The van der Waals surface area contributed by atoms with Gasteiger partial charge in [-0.2, -0.15) is 0 Å². The summed E-state index contributed by atoms with van der Waals surface area (Å²) >= 11 is 6.28. The number of likely N-dealkylation sites (tertiary alicyclic amines) is 1. The van der Waals surface area contributed by atoms with Crippen molar-refractivity contribution in [1.29, 1.82) is 0 Å². The van der Waals surface area contributed by atoms with Crippen LogP contribution in [0, 0.1) is 5.92 Å². The first-order chi connectivity index (χ1) is 12.1. The van der Waals surface area contributed by atoms with Crippen molar-refractivity contribution >= 4 is 17.5 Å². The molecule has 1 aliphatic carbocycles. The SMILES string of the molecule is O=C(c1cc(-n2cnnn2)ccc1Cl)N1CC[C@]2(O)CCCC[C@@H]2C1. The van der Waals surface area contributed by atoms with E-state index in [1.807, 2.05) is 4.90 Å². The lowest BCUT2D eigenvalue weighted by atomic mass is 9.71. The Bertz CT molecular complexity index is 781. The fourth-order valence-corrected chi connectivity index (χ4v) is 4.22. The quantitative estimate of drug-likeness (QED) is 0.885. The maximum atomic E-state index is 13.0. The highest BCUT2D eigenvalue weighted by Gasteiger charge is 2.43. The summed E-state index contributed by atoms with van der Waals surface area (Å²) in [4.78, 5) is 14.8. The van der Waals surface area contributed by atoms with Crippen molar-refractivity contribution in [3.8, 4) is 5.69 Å². The van der Waals surface area contributed by atoms with Gasteiger partial charge in [0.05, 0.1) is 21.9 Å². The lowest BCUT2D eigenvalue weighted by Crippen LogP contribution is -2.54. The molecule has 1 amide bonds. The monoisotopic (exact) mass is 361 g/mol. The van der Waals surface area contributed by atoms with Gasteiger partial charge in [0.15, 0.2) is 0 Å². The Balaban J connectivity index is 1.58. The molecular formula is C17H20ClN5O2. The minimum Gasteiger partial charge on any atom is -0.389 e. The smallest absolute Gasteiger partial charge is 0.255 e. The van der Waals surface area contributed by atoms with Crippen LogP contribution < -0.4 is 0 Å². The van der Waals surface area contributed by atoms with Gasteiger partial charge in [-0.15, -0.1) is 5.10 Å². The van der Waals surface area contributed by atoms with Crippen LogP contribution in [0.2, 0.25) is 5.02 Å². The van der Waals surface area contributed by atoms with Crippen molar-refractivity contribution in [3.63, 3.8) is 0 Å². The lowest BCUT2D eigenvalue weighted by molar-refractivity contribution is -0.0886.